The summed E-state index contributed by atoms with van der Waals surface area (Å²) < 4.78 is 2.65. The molecule has 0 saturated heterocycles. The van der Waals surface area contributed by atoms with Gasteiger partial charge in [0, 0.05) is 37.3 Å². The van der Waals surface area contributed by atoms with E-state index in [4.69, 9.17) is 4.98 Å². The normalized spacial score (nSPS) is 11.5. The predicted molar refractivity (Wildman–Crippen MR) is 100 cm³/mol. The van der Waals surface area contributed by atoms with Crippen molar-refractivity contribution in [2.75, 3.05) is 0 Å². The number of pyridine rings is 1. The zero-order valence-electron chi connectivity index (χ0n) is 12.4. The van der Waals surface area contributed by atoms with Gasteiger partial charge in [0.1, 0.15) is 0 Å². The molecule has 0 fully saturated rings. The van der Waals surface area contributed by atoms with E-state index in [1.165, 1.54) is 36.5 Å². The van der Waals surface area contributed by atoms with Crippen molar-refractivity contribution in [1.29, 1.82) is 0 Å². The van der Waals surface area contributed by atoms with Crippen LogP contribution >= 0.6 is 11.3 Å². The molecule has 0 aliphatic rings. The van der Waals surface area contributed by atoms with E-state index >= 15 is 0 Å². The van der Waals surface area contributed by atoms with Crippen LogP contribution < -0.4 is 0 Å². The number of aromatic nitrogens is 1. The number of rotatable bonds is 1. The summed E-state index contributed by atoms with van der Waals surface area (Å²) in [5.41, 5.74) is 2.29. The minimum absolute atomic E-state index is 1.07. The number of fused-ring (bicyclic) bond motifs is 4. The van der Waals surface area contributed by atoms with Crippen molar-refractivity contribution in [3.05, 3.63) is 79.0 Å². The van der Waals surface area contributed by atoms with Crippen molar-refractivity contribution in [3.8, 4) is 11.3 Å². The van der Waals surface area contributed by atoms with Gasteiger partial charge in [0.05, 0.1) is 5.69 Å². The second-order valence-electron chi connectivity index (χ2n) is 5.66. The van der Waals surface area contributed by atoms with E-state index in [1.807, 2.05) is 17.5 Å². The molecule has 0 spiro atoms. The first-order valence-corrected chi connectivity index (χ1v) is 8.48. The molecule has 0 N–H and O–H groups in total. The molecule has 0 aliphatic heterocycles. The standard InChI is InChI=1S/C21H13NS/c1-2-7-15-14(6-1)12-13-22-21(15)17-9-5-11-19-20(17)16-8-3-4-10-18(16)23-19/h1-13H. The van der Waals surface area contributed by atoms with Crippen LogP contribution in [0, 0.1) is 0 Å². The Balaban J connectivity index is 1.96. The van der Waals surface area contributed by atoms with E-state index in [9.17, 15) is 0 Å². The summed E-state index contributed by atoms with van der Waals surface area (Å²) in [6.45, 7) is 0. The highest BCUT2D eigenvalue weighted by atomic mass is 32.1. The van der Waals surface area contributed by atoms with Gasteiger partial charge in [-0.1, -0.05) is 54.6 Å². The van der Waals surface area contributed by atoms with Crippen LogP contribution in [-0.2, 0) is 0 Å². The summed E-state index contributed by atoms with van der Waals surface area (Å²) in [4.78, 5) is 4.72. The molecule has 2 aromatic heterocycles. The van der Waals surface area contributed by atoms with Crippen LogP contribution in [0.1, 0.15) is 0 Å². The van der Waals surface area contributed by atoms with Crippen LogP contribution in [0.2, 0.25) is 0 Å². The van der Waals surface area contributed by atoms with Crippen molar-refractivity contribution in [3.63, 3.8) is 0 Å². The number of hydrogen-bond acceptors (Lipinski definition) is 2. The van der Waals surface area contributed by atoms with Gasteiger partial charge in [-0.05, 0) is 23.6 Å². The van der Waals surface area contributed by atoms with E-state index in [-0.39, 0.29) is 0 Å². The topological polar surface area (TPSA) is 12.9 Å². The Morgan fingerprint density at radius 1 is 0.652 bits per heavy atom. The zero-order chi connectivity index (χ0) is 15.2. The Kier molecular flexibility index (Phi) is 2.73. The van der Waals surface area contributed by atoms with Gasteiger partial charge in [-0.15, -0.1) is 11.3 Å². The SMILES string of the molecule is c1ccc2c(-c3cccc4sc5ccccc5c34)nccc2c1. The Bertz CT molecular complexity index is 1160. The monoisotopic (exact) mass is 311 g/mol. The summed E-state index contributed by atoms with van der Waals surface area (Å²) in [5, 5.41) is 5.07. The van der Waals surface area contributed by atoms with Crippen LogP contribution in [0.25, 0.3) is 42.2 Å². The minimum atomic E-state index is 1.07. The summed E-state index contributed by atoms with van der Waals surface area (Å²) >= 11 is 1.85. The Morgan fingerprint density at radius 2 is 1.43 bits per heavy atom. The molecule has 0 amide bonds. The van der Waals surface area contributed by atoms with E-state index in [2.05, 4.69) is 72.8 Å². The third kappa shape index (κ3) is 1.89. The fourth-order valence-electron chi connectivity index (χ4n) is 3.31. The van der Waals surface area contributed by atoms with E-state index < -0.39 is 0 Å². The maximum Gasteiger partial charge on any atom is 0.0787 e. The third-order valence-electron chi connectivity index (χ3n) is 4.33. The molecule has 0 radical (unpaired) electrons. The minimum Gasteiger partial charge on any atom is -0.256 e. The molecule has 2 heterocycles. The molecule has 3 aromatic carbocycles. The van der Waals surface area contributed by atoms with Gasteiger partial charge in [0.25, 0.3) is 0 Å². The number of nitrogens with zero attached hydrogens (tertiary/aromatic N) is 1. The van der Waals surface area contributed by atoms with Gasteiger partial charge in [-0.25, -0.2) is 0 Å². The van der Waals surface area contributed by atoms with Gasteiger partial charge >= 0.3 is 0 Å². The molecular weight excluding hydrogens is 298 g/mol. The molecule has 0 saturated carbocycles. The molecule has 0 atom stereocenters. The van der Waals surface area contributed by atoms with E-state index in [0.717, 1.165) is 5.69 Å². The second-order valence-corrected chi connectivity index (χ2v) is 6.74. The average Bonchev–Trinajstić information content (AvgIpc) is 3.00. The number of benzene rings is 3. The van der Waals surface area contributed by atoms with Gasteiger partial charge in [-0.2, -0.15) is 0 Å². The fraction of sp³-hybridized carbons (Fsp3) is 0. The molecule has 2 heteroatoms. The quantitative estimate of drug-likeness (QED) is 0.355. The smallest absolute Gasteiger partial charge is 0.0787 e. The molecule has 1 nitrogen and oxygen atoms in total. The van der Waals surface area contributed by atoms with Crippen LogP contribution in [0.4, 0.5) is 0 Å². The molecular formula is C21H13NS. The second kappa shape index (κ2) is 4.90. The van der Waals surface area contributed by atoms with E-state index in [1.54, 1.807) is 0 Å². The molecule has 108 valence electrons. The van der Waals surface area contributed by atoms with Gasteiger partial charge < -0.3 is 0 Å². The van der Waals surface area contributed by atoms with Crippen LogP contribution in [0.3, 0.4) is 0 Å². The first-order chi connectivity index (χ1) is 11.4. The van der Waals surface area contributed by atoms with Crippen LogP contribution in [0.15, 0.2) is 79.0 Å². The summed E-state index contributed by atoms with van der Waals surface area (Å²) in [5.74, 6) is 0. The zero-order valence-corrected chi connectivity index (χ0v) is 13.2. The average molecular weight is 311 g/mol. The van der Waals surface area contributed by atoms with Crippen molar-refractivity contribution in [2.45, 2.75) is 0 Å². The first kappa shape index (κ1) is 12.8. The molecule has 0 bridgehead atoms. The van der Waals surface area contributed by atoms with Gasteiger partial charge in [-0.3, -0.25) is 4.98 Å². The maximum atomic E-state index is 4.72. The van der Waals surface area contributed by atoms with Crippen LogP contribution in [-0.4, -0.2) is 4.98 Å². The molecule has 0 unspecified atom stereocenters. The highest BCUT2D eigenvalue weighted by Crippen LogP contribution is 2.40. The lowest BCUT2D eigenvalue weighted by molar-refractivity contribution is 1.37. The van der Waals surface area contributed by atoms with Crippen molar-refractivity contribution in [1.82, 2.24) is 4.98 Å². The predicted octanol–water partition coefficient (Wildman–Crippen LogP) is 6.27. The molecule has 0 aliphatic carbocycles. The lowest BCUT2D eigenvalue weighted by Crippen LogP contribution is -1.86. The summed E-state index contributed by atoms with van der Waals surface area (Å²) in [6.07, 6.45) is 1.91. The highest BCUT2D eigenvalue weighted by molar-refractivity contribution is 7.25. The lowest BCUT2D eigenvalue weighted by atomic mass is 9.99. The van der Waals surface area contributed by atoms with Crippen molar-refractivity contribution < 1.29 is 0 Å². The highest BCUT2D eigenvalue weighted by Gasteiger charge is 2.13. The van der Waals surface area contributed by atoms with Crippen molar-refractivity contribution in [2.24, 2.45) is 0 Å². The number of thiophene rings is 1. The Morgan fingerprint density at radius 3 is 2.39 bits per heavy atom. The molecule has 5 rings (SSSR count). The number of hydrogen-bond donors (Lipinski definition) is 0. The largest absolute Gasteiger partial charge is 0.256 e. The summed E-state index contributed by atoms with van der Waals surface area (Å²) in [7, 11) is 0. The molecule has 5 aromatic rings. The Labute approximate surface area is 137 Å². The Hall–Kier alpha value is -2.71. The molecule has 23 heavy (non-hydrogen) atoms. The van der Waals surface area contributed by atoms with Gasteiger partial charge in [0.2, 0.25) is 0 Å². The fourth-order valence-corrected chi connectivity index (χ4v) is 4.44. The maximum absolute atomic E-state index is 4.72. The first-order valence-electron chi connectivity index (χ1n) is 7.66. The summed E-state index contributed by atoms with van der Waals surface area (Å²) in [6, 6.07) is 25.7. The van der Waals surface area contributed by atoms with Gasteiger partial charge in [0.15, 0.2) is 0 Å². The third-order valence-corrected chi connectivity index (χ3v) is 5.47. The lowest BCUT2D eigenvalue weighted by Gasteiger charge is -2.07. The van der Waals surface area contributed by atoms with Crippen LogP contribution in [0.5, 0.6) is 0 Å². The van der Waals surface area contributed by atoms with Crippen molar-refractivity contribution >= 4 is 42.3 Å². The van der Waals surface area contributed by atoms with E-state index in [0.29, 0.717) is 0 Å².